The average molecular weight is 757 g/mol. The summed E-state index contributed by atoms with van der Waals surface area (Å²) in [4.78, 5) is 9.95. The Kier molecular flexibility index (Phi) is 7.35. The second-order valence-corrected chi connectivity index (χ2v) is 18.3. The van der Waals surface area contributed by atoms with Gasteiger partial charge in [-0.2, -0.15) is 0 Å². The van der Waals surface area contributed by atoms with Gasteiger partial charge in [0.2, 0.25) is 0 Å². The summed E-state index contributed by atoms with van der Waals surface area (Å²) in [5.41, 5.74) is 15.9. The number of fused-ring (bicyclic) bond motifs is 25. The number of nitrogens with zero attached hydrogens (tertiary/aromatic N) is 4. The first-order valence-electron chi connectivity index (χ1n) is 20.6. The van der Waals surface area contributed by atoms with Crippen molar-refractivity contribution in [3.63, 3.8) is 0 Å². The van der Waals surface area contributed by atoms with Crippen LogP contribution < -0.4 is 24.3 Å². The third-order valence-corrected chi connectivity index (χ3v) is 12.9. The molecular weight excluding hydrogens is 709 g/mol. The number of rotatable bonds is 0. The maximum Gasteiger partial charge on any atom is 0.132 e. The number of para-hydroxylation sites is 6. The molecule has 286 valence electrons. The Hall–Kier alpha value is -6.46. The number of ether oxygens (including phenoxy) is 1. The molecule has 58 heavy (non-hydrogen) atoms. The van der Waals surface area contributed by atoms with Crippen LogP contribution in [0.5, 0.6) is 11.5 Å². The quantitative estimate of drug-likeness (QED) is 0.153. The van der Waals surface area contributed by atoms with Gasteiger partial charge in [-0.05, 0) is 118 Å². The zero-order valence-corrected chi connectivity index (χ0v) is 34.1. The van der Waals surface area contributed by atoms with Gasteiger partial charge in [0.05, 0.1) is 39.5 Å². The predicted octanol–water partition coefficient (Wildman–Crippen LogP) is 13.6. The minimum Gasteiger partial charge on any atom is -0.457 e. The van der Waals surface area contributed by atoms with Gasteiger partial charge in [-0.15, -0.1) is 0 Å². The molecular formula is C53H48N4O. The van der Waals surface area contributed by atoms with Crippen LogP contribution in [0.15, 0.2) is 158 Å². The Morgan fingerprint density at radius 1 is 0.397 bits per heavy atom. The highest BCUT2D eigenvalue weighted by Crippen LogP contribution is 2.59. The molecule has 8 bridgehead atoms. The maximum absolute atomic E-state index is 7.00. The molecule has 5 nitrogen and oxygen atoms in total. The van der Waals surface area contributed by atoms with Gasteiger partial charge in [-0.25, -0.2) is 0 Å². The summed E-state index contributed by atoms with van der Waals surface area (Å²) in [6.07, 6.45) is 0. The largest absolute Gasteiger partial charge is 0.457 e. The third-order valence-electron chi connectivity index (χ3n) is 12.9. The van der Waals surface area contributed by atoms with E-state index >= 15 is 0 Å². The van der Waals surface area contributed by atoms with Gasteiger partial charge in [0, 0.05) is 22.5 Å². The highest BCUT2D eigenvalue weighted by Gasteiger charge is 2.47. The van der Waals surface area contributed by atoms with Gasteiger partial charge in [-0.3, -0.25) is 0 Å². The van der Waals surface area contributed by atoms with E-state index in [2.05, 4.69) is 219 Å². The van der Waals surface area contributed by atoms with E-state index in [-0.39, 0.29) is 10.8 Å². The lowest BCUT2D eigenvalue weighted by Gasteiger charge is -2.43. The molecule has 5 heteroatoms. The fourth-order valence-corrected chi connectivity index (χ4v) is 9.83. The molecule has 7 aromatic carbocycles. The molecule has 4 aliphatic rings. The van der Waals surface area contributed by atoms with Crippen LogP contribution in [-0.4, -0.2) is 13.3 Å². The van der Waals surface area contributed by atoms with Gasteiger partial charge >= 0.3 is 0 Å². The molecule has 0 aliphatic carbocycles. The van der Waals surface area contributed by atoms with Crippen molar-refractivity contribution in [3.05, 3.63) is 191 Å². The minimum absolute atomic E-state index is 0.0757. The molecule has 1 spiro atoms. The van der Waals surface area contributed by atoms with Crippen LogP contribution in [0, 0.1) is 0 Å². The van der Waals surface area contributed by atoms with Crippen LogP contribution in [0.1, 0.15) is 74.9 Å². The first-order valence-corrected chi connectivity index (χ1v) is 20.6. The summed E-state index contributed by atoms with van der Waals surface area (Å²) >= 11 is 0. The van der Waals surface area contributed by atoms with Crippen molar-refractivity contribution in [3.8, 4) is 11.5 Å². The highest BCUT2D eigenvalue weighted by molar-refractivity contribution is 5.95. The van der Waals surface area contributed by atoms with Crippen molar-refractivity contribution >= 4 is 45.5 Å². The van der Waals surface area contributed by atoms with Gasteiger partial charge in [0.25, 0.3) is 0 Å². The van der Waals surface area contributed by atoms with Crippen LogP contribution in [-0.2, 0) is 16.2 Å². The van der Waals surface area contributed by atoms with Crippen LogP contribution >= 0.6 is 0 Å². The standard InChI is InChI=1S/C53H48N4O/c1-51(2,3)35-25-27-49-41(31-35)53(42-32-36(52(4,5)6)26-28-50(42)58-49)37-15-13-17-39(29-37)54-33-56(45-21-9-7-19-43(45)54)47-23-11-12-24-48(47)57-34-55(40-18-14-16-38(53)30-40)44-20-8-10-22-46(44)57/h7-32H,33-34H2,1-6H3. The van der Waals surface area contributed by atoms with E-state index in [1.807, 2.05) is 0 Å². The summed E-state index contributed by atoms with van der Waals surface area (Å²) < 4.78 is 7.00. The van der Waals surface area contributed by atoms with Crippen molar-refractivity contribution < 1.29 is 4.74 Å². The van der Waals surface area contributed by atoms with Crippen LogP contribution in [0.25, 0.3) is 0 Å². The Balaban J connectivity index is 1.28. The molecule has 0 N–H and O–H groups in total. The zero-order chi connectivity index (χ0) is 39.6. The van der Waals surface area contributed by atoms with Gasteiger partial charge in [0.15, 0.2) is 0 Å². The van der Waals surface area contributed by atoms with Crippen molar-refractivity contribution in [2.24, 2.45) is 0 Å². The lowest BCUT2D eigenvalue weighted by Crippen LogP contribution is -2.35. The van der Waals surface area contributed by atoms with Crippen molar-refractivity contribution in [2.75, 3.05) is 32.9 Å². The van der Waals surface area contributed by atoms with Crippen LogP contribution in [0.2, 0.25) is 0 Å². The third kappa shape index (κ3) is 5.02. The number of hydrogen-bond donors (Lipinski definition) is 0. The highest BCUT2D eigenvalue weighted by atomic mass is 16.5. The normalized spacial score (nSPS) is 15.8. The number of hydrogen-bond acceptors (Lipinski definition) is 5. The Labute approximate surface area is 342 Å². The number of anilines is 8. The molecule has 0 amide bonds. The lowest BCUT2D eigenvalue weighted by molar-refractivity contribution is 0.431. The summed E-state index contributed by atoms with van der Waals surface area (Å²) in [6.45, 7) is 15.2. The van der Waals surface area contributed by atoms with Gasteiger partial charge in [-0.1, -0.05) is 114 Å². The molecule has 0 radical (unpaired) electrons. The molecule has 4 aliphatic heterocycles. The van der Waals surface area contributed by atoms with E-state index in [4.69, 9.17) is 4.74 Å². The lowest BCUT2D eigenvalue weighted by atomic mass is 9.62. The van der Waals surface area contributed by atoms with Crippen molar-refractivity contribution in [1.82, 2.24) is 0 Å². The Morgan fingerprint density at radius 2 is 0.759 bits per heavy atom. The van der Waals surface area contributed by atoms with Crippen LogP contribution in [0.3, 0.4) is 0 Å². The second kappa shape index (κ2) is 12.3. The number of benzene rings is 7. The van der Waals surface area contributed by atoms with Crippen molar-refractivity contribution in [1.29, 1.82) is 0 Å². The van der Waals surface area contributed by atoms with Gasteiger partial charge < -0.3 is 24.3 Å². The molecule has 0 fully saturated rings. The molecule has 11 rings (SSSR count). The predicted molar refractivity (Wildman–Crippen MR) is 240 cm³/mol. The zero-order valence-electron chi connectivity index (χ0n) is 34.1. The molecule has 0 atom stereocenters. The molecule has 4 heterocycles. The van der Waals surface area contributed by atoms with E-state index in [0.29, 0.717) is 13.3 Å². The first-order chi connectivity index (χ1) is 28.0. The van der Waals surface area contributed by atoms with Gasteiger partial charge in [0.1, 0.15) is 24.8 Å². The first kappa shape index (κ1) is 34.8. The molecule has 0 unspecified atom stereocenters. The maximum atomic E-state index is 7.00. The SMILES string of the molecule is CC(C)(C)c1ccc2c(c1)C1(c3cccc(c3)N3CN(c4ccccc43)c3ccccc3N3CN(c4cccc1c4)c1ccccc13)c1cc(C(C)(C)C)ccc1O2. The average Bonchev–Trinajstić information content (AvgIpc) is 3.81. The molecule has 0 saturated heterocycles. The minimum atomic E-state index is -0.724. The molecule has 7 aromatic rings. The summed E-state index contributed by atoms with van der Waals surface area (Å²) in [6, 6.07) is 59.1. The summed E-state index contributed by atoms with van der Waals surface area (Å²) in [5, 5.41) is 0. The van der Waals surface area contributed by atoms with Crippen molar-refractivity contribution in [2.45, 2.75) is 57.8 Å². The Morgan fingerprint density at radius 3 is 1.12 bits per heavy atom. The fraction of sp³-hybridized carbons (Fsp3) is 0.208. The van der Waals surface area contributed by atoms with E-state index < -0.39 is 5.41 Å². The fourth-order valence-electron chi connectivity index (χ4n) is 9.83. The Bertz CT molecular complexity index is 2600. The van der Waals surface area contributed by atoms with E-state index in [1.54, 1.807) is 0 Å². The van der Waals surface area contributed by atoms with Crippen LogP contribution in [0.4, 0.5) is 45.5 Å². The smallest absolute Gasteiger partial charge is 0.132 e. The summed E-state index contributed by atoms with van der Waals surface area (Å²) in [5.74, 6) is 1.78. The van der Waals surface area contributed by atoms with E-state index in [9.17, 15) is 0 Å². The molecule has 0 aromatic heterocycles. The molecule has 0 saturated carbocycles. The van der Waals surface area contributed by atoms with E-state index in [0.717, 1.165) is 34.0 Å². The van der Waals surface area contributed by atoms with E-state index in [1.165, 1.54) is 56.4 Å². The second-order valence-electron chi connectivity index (χ2n) is 18.3. The summed E-state index contributed by atoms with van der Waals surface area (Å²) in [7, 11) is 0. The monoisotopic (exact) mass is 756 g/mol. The topological polar surface area (TPSA) is 22.2 Å².